The fraction of sp³-hybridized carbons (Fsp3) is 0.294. The van der Waals surface area contributed by atoms with Crippen LogP contribution in [-0.2, 0) is 4.79 Å². The van der Waals surface area contributed by atoms with E-state index in [2.05, 4.69) is 15.3 Å². The summed E-state index contributed by atoms with van der Waals surface area (Å²) >= 11 is 6.01. The molecule has 2 rings (SSSR count). The van der Waals surface area contributed by atoms with Gasteiger partial charge in [-0.15, -0.1) is 0 Å². The number of carbonyl (C=O) groups excluding carboxylic acids is 1. The van der Waals surface area contributed by atoms with Crippen LogP contribution in [0.3, 0.4) is 0 Å². The van der Waals surface area contributed by atoms with E-state index < -0.39 is 17.8 Å². The van der Waals surface area contributed by atoms with Gasteiger partial charge in [0.15, 0.2) is 5.69 Å². The van der Waals surface area contributed by atoms with Gasteiger partial charge in [0, 0.05) is 11.6 Å². The molecule has 0 aliphatic rings. The third kappa shape index (κ3) is 4.08. The first kappa shape index (κ1) is 17.9. The zero-order valence-electron chi connectivity index (χ0n) is 13.6. The van der Waals surface area contributed by atoms with Crippen molar-refractivity contribution in [2.75, 3.05) is 5.32 Å². The first-order valence-electron chi connectivity index (χ1n) is 7.46. The summed E-state index contributed by atoms with van der Waals surface area (Å²) < 4.78 is 0. The van der Waals surface area contributed by atoms with Crippen LogP contribution >= 0.6 is 11.6 Å². The van der Waals surface area contributed by atoms with Crippen LogP contribution < -0.4 is 5.32 Å². The predicted molar refractivity (Wildman–Crippen MR) is 91.6 cm³/mol. The van der Waals surface area contributed by atoms with Crippen molar-refractivity contribution < 1.29 is 14.7 Å². The third-order valence-corrected chi connectivity index (χ3v) is 3.81. The highest BCUT2D eigenvalue weighted by Gasteiger charge is 2.17. The zero-order chi connectivity index (χ0) is 17.9. The number of amides is 1. The fourth-order valence-corrected chi connectivity index (χ4v) is 2.18. The van der Waals surface area contributed by atoms with E-state index in [-0.39, 0.29) is 16.6 Å². The van der Waals surface area contributed by atoms with E-state index in [0.717, 1.165) is 0 Å². The average Bonchev–Trinajstić information content (AvgIpc) is 2.54. The molecule has 0 aliphatic heterocycles. The second-order valence-electron chi connectivity index (χ2n) is 5.72. The molecule has 0 aliphatic carbocycles. The Bertz CT molecular complexity index is 760. The minimum Gasteiger partial charge on any atom is -0.481 e. The maximum Gasteiger partial charge on any atom is 0.310 e. The molecule has 7 heteroatoms. The Morgan fingerprint density at radius 3 is 2.33 bits per heavy atom. The molecule has 0 spiro atoms. The van der Waals surface area contributed by atoms with Crippen LogP contribution in [0.15, 0.2) is 30.5 Å². The lowest BCUT2D eigenvalue weighted by molar-refractivity contribution is -0.138. The molecule has 0 bridgehead atoms. The van der Waals surface area contributed by atoms with Gasteiger partial charge in [-0.1, -0.05) is 37.6 Å². The van der Waals surface area contributed by atoms with Gasteiger partial charge in [0.2, 0.25) is 0 Å². The summed E-state index contributed by atoms with van der Waals surface area (Å²) in [6.45, 7) is 5.45. The number of nitrogens with zero attached hydrogens (tertiary/aromatic N) is 2. The van der Waals surface area contributed by atoms with Crippen LogP contribution in [0.25, 0.3) is 0 Å². The number of nitrogens with one attached hydrogen (secondary N) is 1. The van der Waals surface area contributed by atoms with Gasteiger partial charge in [0.25, 0.3) is 5.91 Å². The van der Waals surface area contributed by atoms with Crippen LogP contribution in [0.5, 0.6) is 0 Å². The van der Waals surface area contributed by atoms with E-state index in [0.29, 0.717) is 17.1 Å². The molecule has 0 radical (unpaired) electrons. The molecule has 1 unspecified atom stereocenters. The van der Waals surface area contributed by atoms with Gasteiger partial charge in [-0.05, 0) is 24.6 Å². The minimum atomic E-state index is -0.902. The molecule has 1 aromatic heterocycles. The lowest BCUT2D eigenvalue weighted by atomic mass is 10.0. The number of carboxylic acid groups (broad SMARTS) is 1. The van der Waals surface area contributed by atoms with Crippen LogP contribution in [0.4, 0.5) is 5.69 Å². The second-order valence-corrected chi connectivity index (χ2v) is 6.12. The molecule has 6 nitrogen and oxygen atoms in total. The number of aromatic nitrogens is 2. The molecule has 1 amide bonds. The standard InChI is InChI=1S/C17H18ClN3O3/c1-9(2)15-19-8-13(18)14(21-15)16(22)20-12-6-4-11(5-7-12)10(3)17(23)24/h4-10H,1-3H3,(H,20,22)(H,23,24). The predicted octanol–water partition coefficient (Wildman–Crippen LogP) is 3.69. The Morgan fingerprint density at radius 2 is 1.79 bits per heavy atom. The molecule has 126 valence electrons. The highest BCUT2D eigenvalue weighted by molar-refractivity contribution is 6.33. The van der Waals surface area contributed by atoms with E-state index in [9.17, 15) is 9.59 Å². The summed E-state index contributed by atoms with van der Waals surface area (Å²) in [5.41, 5.74) is 1.29. The van der Waals surface area contributed by atoms with Gasteiger partial charge in [-0.25, -0.2) is 9.97 Å². The molecule has 0 saturated carbocycles. The number of anilines is 1. The number of rotatable bonds is 5. The summed E-state index contributed by atoms with van der Waals surface area (Å²) in [7, 11) is 0. The van der Waals surface area contributed by atoms with Crippen LogP contribution in [0, 0.1) is 0 Å². The summed E-state index contributed by atoms with van der Waals surface area (Å²) in [4.78, 5) is 31.6. The number of aliphatic carboxylic acids is 1. The van der Waals surface area contributed by atoms with E-state index in [1.165, 1.54) is 6.20 Å². The first-order chi connectivity index (χ1) is 11.3. The van der Waals surface area contributed by atoms with Gasteiger partial charge >= 0.3 is 5.97 Å². The first-order valence-corrected chi connectivity index (χ1v) is 7.84. The van der Waals surface area contributed by atoms with E-state index in [1.807, 2.05) is 13.8 Å². The van der Waals surface area contributed by atoms with Gasteiger partial charge in [0.1, 0.15) is 5.82 Å². The summed E-state index contributed by atoms with van der Waals surface area (Å²) in [6.07, 6.45) is 1.41. The van der Waals surface area contributed by atoms with Crippen molar-refractivity contribution in [3.05, 3.63) is 52.6 Å². The van der Waals surface area contributed by atoms with Crippen LogP contribution in [-0.4, -0.2) is 27.0 Å². The summed E-state index contributed by atoms with van der Waals surface area (Å²) in [5.74, 6) is -1.34. The number of benzene rings is 1. The summed E-state index contributed by atoms with van der Waals surface area (Å²) in [6, 6.07) is 6.61. The number of hydrogen-bond donors (Lipinski definition) is 2. The van der Waals surface area contributed by atoms with Crippen molar-refractivity contribution in [3.8, 4) is 0 Å². The van der Waals surface area contributed by atoms with Crippen LogP contribution in [0.1, 0.15) is 54.5 Å². The monoisotopic (exact) mass is 347 g/mol. The molecule has 1 atom stereocenters. The SMILES string of the molecule is CC(C)c1ncc(Cl)c(C(=O)Nc2ccc(C(C)C(=O)O)cc2)n1. The van der Waals surface area contributed by atoms with Crippen LogP contribution in [0.2, 0.25) is 5.02 Å². The zero-order valence-corrected chi connectivity index (χ0v) is 14.3. The Morgan fingerprint density at radius 1 is 1.17 bits per heavy atom. The molecule has 1 aromatic carbocycles. The van der Waals surface area contributed by atoms with E-state index in [1.54, 1.807) is 31.2 Å². The third-order valence-electron chi connectivity index (χ3n) is 3.53. The lowest BCUT2D eigenvalue weighted by Gasteiger charge is -2.10. The van der Waals surface area contributed by atoms with E-state index >= 15 is 0 Å². The van der Waals surface area contributed by atoms with Crippen molar-refractivity contribution in [2.45, 2.75) is 32.6 Å². The highest BCUT2D eigenvalue weighted by atomic mass is 35.5. The molecular formula is C17H18ClN3O3. The van der Waals surface area contributed by atoms with Crippen molar-refractivity contribution >= 4 is 29.2 Å². The molecule has 0 fully saturated rings. The molecule has 2 N–H and O–H groups in total. The normalized spacial score (nSPS) is 12.0. The summed E-state index contributed by atoms with van der Waals surface area (Å²) in [5, 5.41) is 11.9. The maximum atomic E-state index is 12.4. The Labute approximate surface area is 144 Å². The molecule has 0 saturated heterocycles. The van der Waals surface area contributed by atoms with Gasteiger partial charge in [-0.2, -0.15) is 0 Å². The number of carbonyl (C=O) groups is 2. The number of halogens is 1. The van der Waals surface area contributed by atoms with Gasteiger partial charge in [-0.3, -0.25) is 9.59 Å². The van der Waals surface area contributed by atoms with Gasteiger partial charge in [0.05, 0.1) is 17.1 Å². The van der Waals surface area contributed by atoms with Crippen molar-refractivity contribution in [1.82, 2.24) is 9.97 Å². The molecule has 2 aromatic rings. The van der Waals surface area contributed by atoms with Crippen molar-refractivity contribution in [2.24, 2.45) is 0 Å². The quantitative estimate of drug-likeness (QED) is 0.860. The number of hydrogen-bond acceptors (Lipinski definition) is 4. The fourth-order valence-electron chi connectivity index (χ4n) is 2.01. The minimum absolute atomic E-state index is 0.0746. The van der Waals surface area contributed by atoms with Gasteiger partial charge < -0.3 is 10.4 Å². The largest absolute Gasteiger partial charge is 0.481 e. The Hall–Kier alpha value is -2.47. The Kier molecular flexibility index (Phi) is 5.51. The van der Waals surface area contributed by atoms with E-state index in [4.69, 9.17) is 16.7 Å². The Balaban J connectivity index is 2.18. The average molecular weight is 348 g/mol. The topological polar surface area (TPSA) is 92.2 Å². The highest BCUT2D eigenvalue weighted by Crippen LogP contribution is 2.20. The molecule has 24 heavy (non-hydrogen) atoms. The second kappa shape index (κ2) is 7.40. The maximum absolute atomic E-state index is 12.4. The molecule has 1 heterocycles. The smallest absolute Gasteiger partial charge is 0.310 e. The van der Waals surface area contributed by atoms with Crippen molar-refractivity contribution in [1.29, 1.82) is 0 Å². The molecular weight excluding hydrogens is 330 g/mol. The van der Waals surface area contributed by atoms with Crippen molar-refractivity contribution in [3.63, 3.8) is 0 Å². The number of carboxylic acids is 1. The lowest BCUT2D eigenvalue weighted by Crippen LogP contribution is -2.16.